The number of non-ortho nitro benzene ring substituents is 1. The summed E-state index contributed by atoms with van der Waals surface area (Å²) in [6.45, 7) is 0. The molecular formula is C14H19N3O4. The smallest absolute Gasteiger partial charge is 0.319 e. The lowest BCUT2D eigenvalue weighted by Crippen LogP contribution is -2.39. The minimum absolute atomic E-state index is 0.0786. The highest BCUT2D eigenvalue weighted by Gasteiger charge is 2.17. The summed E-state index contributed by atoms with van der Waals surface area (Å²) < 4.78 is 5.08. The number of hydrogen-bond acceptors (Lipinski definition) is 4. The van der Waals surface area contributed by atoms with Gasteiger partial charge in [-0.1, -0.05) is 19.3 Å². The number of nitrogens with zero attached hydrogens (tertiary/aromatic N) is 1. The number of nitro benzene ring substituents is 1. The van der Waals surface area contributed by atoms with Crippen LogP contribution in [0.3, 0.4) is 0 Å². The minimum atomic E-state index is -0.506. The van der Waals surface area contributed by atoms with E-state index in [4.69, 9.17) is 4.74 Å². The first-order valence-electron chi connectivity index (χ1n) is 7.00. The van der Waals surface area contributed by atoms with E-state index < -0.39 is 4.92 Å². The van der Waals surface area contributed by atoms with Gasteiger partial charge in [0.15, 0.2) is 0 Å². The number of ether oxygens (including phenoxy) is 1. The van der Waals surface area contributed by atoms with E-state index in [9.17, 15) is 14.9 Å². The van der Waals surface area contributed by atoms with Gasteiger partial charge in [-0.15, -0.1) is 0 Å². The number of anilines is 1. The topological polar surface area (TPSA) is 93.5 Å². The molecule has 114 valence electrons. The lowest BCUT2D eigenvalue weighted by molar-refractivity contribution is -0.384. The Balaban J connectivity index is 2.00. The zero-order valence-corrected chi connectivity index (χ0v) is 11.9. The van der Waals surface area contributed by atoms with Crippen molar-refractivity contribution in [1.29, 1.82) is 0 Å². The Kier molecular flexibility index (Phi) is 4.97. The van der Waals surface area contributed by atoms with E-state index in [0.29, 0.717) is 5.69 Å². The first kappa shape index (κ1) is 15.1. The zero-order chi connectivity index (χ0) is 15.2. The van der Waals surface area contributed by atoms with Crippen LogP contribution in [0, 0.1) is 10.1 Å². The van der Waals surface area contributed by atoms with Crippen LogP contribution >= 0.6 is 0 Å². The van der Waals surface area contributed by atoms with Crippen LogP contribution in [0.15, 0.2) is 18.2 Å². The van der Waals surface area contributed by atoms with Gasteiger partial charge in [-0.2, -0.15) is 0 Å². The SMILES string of the molecule is COc1cc([N+](=O)[O-])ccc1NC(=O)NC1CCCCC1. The minimum Gasteiger partial charge on any atom is -0.494 e. The molecule has 1 saturated carbocycles. The summed E-state index contributed by atoms with van der Waals surface area (Å²) in [7, 11) is 1.41. The summed E-state index contributed by atoms with van der Waals surface area (Å²) in [4.78, 5) is 22.2. The fourth-order valence-corrected chi connectivity index (χ4v) is 2.49. The van der Waals surface area contributed by atoms with Crippen molar-refractivity contribution < 1.29 is 14.5 Å². The molecule has 7 heteroatoms. The molecule has 1 aliphatic rings. The van der Waals surface area contributed by atoms with Gasteiger partial charge in [0.05, 0.1) is 23.8 Å². The zero-order valence-electron chi connectivity index (χ0n) is 11.9. The molecule has 0 bridgehead atoms. The molecule has 2 amide bonds. The van der Waals surface area contributed by atoms with Crippen molar-refractivity contribution in [3.8, 4) is 5.75 Å². The maximum absolute atomic E-state index is 12.0. The van der Waals surface area contributed by atoms with Crippen LogP contribution in [0.4, 0.5) is 16.2 Å². The van der Waals surface area contributed by atoms with Crippen LogP contribution in [-0.4, -0.2) is 24.1 Å². The van der Waals surface area contributed by atoms with E-state index in [1.807, 2.05) is 0 Å². The van der Waals surface area contributed by atoms with Gasteiger partial charge in [-0.05, 0) is 18.9 Å². The van der Waals surface area contributed by atoms with Gasteiger partial charge < -0.3 is 15.4 Å². The first-order valence-corrected chi connectivity index (χ1v) is 7.00. The largest absolute Gasteiger partial charge is 0.494 e. The second-order valence-electron chi connectivity index (χ2n) is 5.08. The average molecular weight is 293 g/mol. The number of nitrogens with one attached hydrogen (secondary N) is 2. The Morgan fingerprint density at radius 3 is 2.67 bits per heavy atom. The highest BCUT2D eigenvalue weighted by molar-refractivity contribution is 5.91. The number of amides is 2. The molecule has 0 aliphatic heterocycles. The lowest BCUT2D eigenvalue weighted by atomic mass is 9.96. The fourth-order valence-electron chi connectivity index (χ4n) is 2.49. The van der Waals surface area contributed by atoms with Crippen LogP contribution in [0.5, 0.6) is 5.75 Å². The van der Waals surface area contributed by atoms with E-state index in [0.717, 1.165) is 25.7 Å². The summed E-state index contributed by atoms with van der Waals surface area (Å²) in [5, 5.41) is 16.3. The Hall–Kier alpha value is -2.31. The van der Waals surface area contributed by atoms with Crippen molar-refractivity contribution >= 4 is 17.4 Å². The Morgan fingerprint density at radius 2 is 2.05 bits per heavy atom. The van der Waals surface area contributed by atoms with Crippen molar-refractivity contribution in [2.45, 2.75) is 38.1 Å². The van der Waals surface area contributed by atoms with Crippen LogP contribution < -0.4 is 15.4 Å². The molecule has 7 nitrogen and oxygen atoms in total. The highest BCUT2D eigenvalue weighted by atomic mass is 16.6. The fraction of sp³-hybridized carbons (Fsp3) is 0.500. The summed E-state index contributed by atoms with van der Waals surface area (Å²) in [5.41, 5.74) is 0.335. The Morgan fingerprint density at radius 1 is 1.33 bits per heavy atom. The molecule has 0 spiro atoms. The third-order valence-corrected chi connectivity index (χ3v) is 3.58. The second-order valence-corrected chi connectivity index (χ2v) is 5.08. The molecule has 1 fully saturated rings. The molecule has 2 N–H and O–H groups in total. The molecule has 0 saturated heterocycles. The molecule has 0 radical (unpaired) electrons. The molecule has 1 aromatic rings. The quantitative estimate of drug-likeness (QED) is 0.659. The number of hydrogen-bond donors (Lipinski definition) is 2. The van der Waals surface area contributed by atoms with Crippen molar-refractivity contribution in [2.75, 3.05) is 12.4 Å². The molecule has 21 heavy (non-hydrogen) atoms. The van der Waals surface area contributed by atoms with Crippen molar-refractivity contribution in [3.63, 3.8) is 0 Å². The number of benzene rings is 1. The Labute approximate surface area is 122 Å². The molecule has 1 aromatic carbocycles. The predicted octanol–water partition coefficient (Wildman–Crippen LogP) is 3.06. The van der Waals surface area contributed by atoms with Gasteiger partial charge in [0.2, 0.25) is 0 Å². The standard InChI is InChI=1S/C14H19N3O4/c1-21-13-9-11(17(19)20)7-8-12(13)16-14(18)15-10-5-3-2-4-6-10/h7-10H,2-6H2,1H3,(H2,15,16,18). The van der Waals surface area contributed by atoms with Crippen LogP contribution in [0.1, 0.15) is 32.1 Å². The van der Waals surface area contributed by atoms with Crippen molar-refractivity contribution in [2.24, 2.45) is 0 Å². The van der Waals surface area contributed by atoms with Gasteiger partial charge in [0, 0.05) is 12.1 Å². The lowest BCUT2D eigenvalue weighted by Gasteiger charge is -2.23. The number of methoxy groups -OCH3 is 1. The third kappa shape index (κ3) is 4.08. The van der Waals surface area contributed by atoms with Gasteiger partial charge in [-0.3, -0.25) is 10.1 Å². The van der Waals surface area contributed by atoms with Crippen molar-refractivity contribution in [3.05, 3.63) is 28.3 Å². The average Bonchev–Trinajstić information content (AvgIpc) is 2.48. The van der Waals surface area contributed by atoms with E-state index in [2.05, 4.69) is 10.6 Å². The second kappa shape index (κ2) is 6.92. The van der Waals surface area contributed by atoms with Crippen molar-refractivity contribution in [1.82, 2.24) is 5.32 Å². The van der Waals surface area contributed by atoms with E-state index in [1.54, 1.807) is 0 Å². The van der Waals surface area contributed by atoms with Crippen LogP contribution in [0.25, 0.3) is 0 Å². The molecule has 1 aliphatic carbocycles. The summed E-state index contributed by atoms with van der Waals surface area (Å²) in [6.07, 6.45) is 5.46. The molecular weight excluding hydrogens is 274 g/mol. The first-order chi connectivity index (χ1) is 10.1. The van der Waals surface area contributed by atoms with Crippen LogP contribution in [0.2, 0.25) is 0 Å². The number of carbonyl (C=O) groups is 1. The van der Waals surface area contributed by atoms with Crippen LogP contribution in [-0.2, 0) is 0 Å². The predicted molar refractivity (Wildman–Crippen MR) is 78.7 cm³/mol. The summed E-state index contributed by atoms with van der Waals surface area (Å²) >= 11 is 0. The third-order valence-electron chi connectivity index (χ3n) is 3.58. The Bertz CT molecular complexity index is 527. The monoisotopic (exact) mass is 293 g/mol. The van der Waals surface area contributed by atoms with E-state index in [1.165, 1.54) is 31.7 Å². The van der Waals surface area contributed by atoms with Gasteiger partial charge in [0.25, 0.3) is 5.69 Å². The number of urea groups is 1. The summed E-state index contributed by atoms with van der Waals surface area (Å²) in [5.74, 6) is 0.267. The number of carbonyl (C=O) groups excluding carboxylic acids is 1. The highest BCUT2D eigenvalue weighted by Crippen LogP contribution is 2.29. The number of nitro groups is 1. The van der Waals surface area contributed by atoms with Gasteiger partial charge in [0.1, 0.15) is 5.75 Å². The van der Waals surface area contributed by atoms with E-state index >= 15 is 0 Å². The molecule has 2 rings (SSSR count). The van der Waals surface area contributed by atoms with Gasteiger partial charge >= 0.3 is 6.03 Å². The van der Waals surface area contributed by atoms with E-state index in [-0.39, 0.29) is 23.5 Å². The maximum Gasteiger partial charge on any atom is 0.319 e. The normalized spacial score (nSPS) is 15.3. The molecule has 0 aromatic heterocycles. The van der Waals surface area contributed by atoms with Gasteiger partial charge in [-0.25, -0.2) is 4.79 Å². The molecule has 0 heterocycles. The summed E-state index contributed by atoms with van der Waals surface area (Å²) in [6, 6.07) is 3.98. The number of rotatable bonds is 4. The maximum atomic E-state index is 12.0. The molecule has 0 unspecified atom stereocenters. The molecule has 0 atom stereocenters.